The Kier molecular flexibility index (Phi) is 4.02. The molecule has 1 aliphatic rings. The number of benzene rings is 1. The lowest BCUT2D eigenvalue weighted by molar-refractivity contribution is 0.0261. The number of phenols is 1. The molecule has 0 saturated carbocycles. The van der Waals surface area contributed by atoms with E-state index in [1.54, 1.807) is 13.2 Å². The highest BCUT2D eigenvalue weighted by Gasteiger charge is 2.25. The summed E-state index contributed by atoms with van der Waals surface area (Å²) in [5.41, 5.74) is 1.67. The fourth-order valence-electron chi connectivity index (χ4n) is 2.38. The molecule has 1 unspecified atom stereocenters. The first-order valence-electron chi connectivity index (χ1n) is 6.67. The van der Waals surface area contributed by atoms with Gasteiger partial charge < -0.3 is 19.9 Å². The van der Waals surface area contributed by atoms with Crippen molar-refractivity contribution in [3.63, 3.8) is 0 Å². The summed E-state index contributed by atoms with van der Waals surface area (Å²) in [6, 6.07) is 3.69. The third-order valence-corrected chi connectivity index (χ3v) is 3.43. The summed E-state index contributed by atoms with van der Waals surface area (Å²) in [6.07, 6.45) is -0.0661. The number of hydrogen-bond donors (Lipinski definition) is 2. The van der Waals surface area contributed by atoms with Gasteiger partial charge in [0.05, 0.1) is 19.8 Å². The van der Waals surface area contributed by atoms with Crippen molar-refractivity contribution in [2.75, 3.05) is 26.8 Å². The summed E-state index contributed by atoms with van der Waals surface area (Å²) >= 11 is 0. The fourth-order valence-corrected chi connectivity index (χ4v) is 2.38. The average Bonchev–Trinajstić information content (AvgIpc) is 2.38. The van der Waals surface area contributed by atoms with E-state index in [1.807, 2.05) is 6.07 Å². The molecule has 1 aromatic carbocycles. The van der Waals surface area contributed by atoms with Crippen molar-refractivity contribution in [2.45, 2.75) is 32.3 Å². The Morgan fingerprint density at radius 1 is 1.37 bits per heavy atom. The van der Waals surface area contributed by atoms with E-state index in [0.717, 1.165) is 30.0 Å². The maximum absolute atomic E-state index is 10.2. The van der Waals surface area contributed by atoms with Gasteiger partial charge in [0, 0.05) is 24.2 Å². The molecule has 4 heteroatoms. The van der Waals surface area contributed by atoms with Crippen LogP contribution in [-0.4, -0.2) is 31.9 Å². The topological polar surface area (TPSA) is 50.7 Å². The SMILES string of the molecule is COc1cc(C(C)(C)C)c(O)cc1C1CNCCO1. The second kappa shape index (κ2) is 5.39. The van der Waals surface area contributed by atoms with Crippen LogP contribution in [0.5, 0.6) is 11.5 Å². The van der Waals surface area contributed by atoms with Gasteiger partial charge in [-0.25, -0.2) is 0 Å². The second-order valence-electron chi connectivity index (χ2n) is 5.92. The zero-order chi connectivity index (χ0) is 14.0. The summed E-state index contributed by atoms with van der Waals surface area (Å²) in [6.45, 7) is 8.49. The van der Waals surface area contributed by atoms with E-state index >= 15 is 0 Å². The van der Waals surface area contributed by atoms with Gasteiger partial charge >= 0.3 is 0 Å². The van der Waals surface area contributed by atoms with Crippen LogP contribution >= 0.6 is 0 Å². The van der Waals surface area contributed by atoms with Crippen molar-refractivity contribution < 1.29 is 14.6 Å². The molecule has 1 heterocycles. The molecule has 2 rings (SSSR count). The first-order valence-corrected chi connectivity index (χ1v) is 6.67. The van der Waals surface area contributed by atoms with Crippen molar-refractivity contribution in [1.82, 2.24) is 5.32 Å². The van der Waals surface area contributed by atoms with Crippen LogP contribution in [0.2, 0.25) is 0 Å². The van der Waals surface area contributed by atoms with Crippen LogP contribution in [0.3, 0.4) is 0 Å². The Bertz CT molecular complexity index is 445. The van der Waals surface area contributed by atoms with Crippen molar-refractivity contribution in [3.05, 3.63) is 23.3 Å². The molecule has 2 N–H and O–H groups in total. The molecule has 1 aromatic rings. The minimum Gasteiger partial charge on any atom is -0.508 e. The molecule has 1 fully saturated rings. The third-order valence-electron chi connectivity index (χ3n) is 3.43. The number of ether oxygens (including phenoxy) is 2. The molecule has 19 heavy (non-hydrogen) atoms. The Labute approximate surface area is 114 Å². The van der Waals surface area contributed by atoms with E-state index < -0.39 is 0 Å². The maximum Gasteiger partial charge on any atom is 0.125 e. The molecule has 1 saturated heterocycles. The highest BCUT2D eigenvalue weighted by atomic mass is 16.5. The fraction of sp³-hybridized carbons (Fsp3) is 0.600. The third kappa shape index (κ3) is 3.01. The molecule has 0 radical (unpaired) electrons. The number of methoxy groups -OCH3 is 1. The van der Waals surface area contributed by atoms with Crippen molar-refractivity contribution in [3.8, 4) is 11.5 Å². The van der Waals surface area contributed by atoms with Gasteiger partial charge in [-0.05, 0) is 17.5 Å². The molecule has 0 bridgehead atoms. The van der Waals surface area contributed by atoms with Gasteiger partial charge in [-0.2, -0.15) is 0 Å². The molecular formula is C15H23NO3. The Morgan fingerprint density at radius 3 is 2.63 bits per heavy atom. The highest BCUT2D eigenvalue weighted by Crippen LogP contribution is 2.39. The smallest absolute Gasteiger partial charge is 0.125 e. The van der Waals surface area contributed by atoms with Gasteiger partial charge in [-0.3, -0.25) is 0 Å². The minimum absolute atomic E-state index is 0.0661. The summed E-state index contributed by atoms with van der Waals surface area (Å²) < 4.78 is 11.2. The number of morpholine rings is 1. The van der Waals surface area contributed by atoms with Gasteiger partial charge in [0.15, 0.2) is 0 Å². The molecule has 1 atom stereocenters. The zero-order valence-corrected chi connectivity index (χ0v) is 12.1. The summed E-state index contributed by atoms with van der Waals surface area (Å²) in [5.74, 6) is 1.08. The van der Waals surface area contributed by atoms with Crippen LogP contribution in [0.15, 0.2) is 12.1 Å². The predicted molar refractivity (Wildman–Crippen MR) is 74.9 cm³/mol. The highest BCUT2D eigenvalue weighted by molar-refractivity contribution is 5.49. The molecule has 0 spiro atoms. The zero-order valence-electron chi connectivity index (χ0n) is 12.1. The van der Waals surface area contributed by atoms with Crippen LogP contribution < -0.4 is 10.1 Å². The van der Waals surface area contributed by atoms with Crippen molar-refractivity contribution >= 4 is 0 Å². The number of nitrogens with one attached hydrogen (secondary N) is 1. The largest absolute Gasteiger partial charge is 0.508 e. The van der Waals surface area contributed by atoms with Gasteiger partial charge in [0.25, 0.3) is 0 Å². The Morgan fingerprint density at radius 2 is 2.11 bits per heavy atom. The quantitative estimate of drug-likeness (QED) is 0.862. The van der Waals surface area contributed by atoms with E-state index in [0.29, 0.717) is 12.4 Å². The van der Waals surface area contributed by atoms with Crippen LogP contribution in [0.1, 0.15) is 38.0 Å². The van der Waals surface area contributed by atoms with Gasteiger partial charge in [-0.1, -0.05) is 20.8 Å². The Hall–Kier alpha value is -1.26. The van der Waals surface area contributed by atoms with E-state index in [4.69, 9.17) is 9.47 Å². The predicted octanol–water partition coefficient (Wildman–Crippen LogP) is 2.36. The molecule has 1 aliphatic heterocycles. The lowest BCUT2D eigenvalue weighted by atomic mass is 9.85. The lowest BCUT2D eigenvalue weighted by Crippen LogP contribution is -2.33. The van der Waals surface area contributed by atoms with E-state index in [2.05, 4.69) is 26.1 Å². The van der Waals surface area contributed by atoms with Gasteiger partial charge in [0.1, 0.15) is 11.5 Å². The molecule has 0 aromatic heterocycles. The number of hydrogen-bond acceptors (Lipinski definition) is 4. The van der Waals surface area contributed by atoms with Crippen LogP contribution in [0, 0.1) is 0 Å². The van der Waals surface area contributed by atoms with Gasteiger partial charge in [0.2, 0.25) is 0 Å². The number of phenolic OH excluding ortho intramolecular Hbond substituents is 1. The minimum atomic E-state index is -0.123. The van der Waals surface area contributed by atoms with E-state index in [-0.39, 0.29) is 11.5 Å². The number of aromatic hydroxyl groups is 1. The maximum atomic E-state index is 10.2. The molecular weight excluding hydrogens is 242 g/mol. The standard InChI is InChI=1S/C15H23NO3/c1-15(2,3)11-8-13(18-4)10(7-12(11)17)14-9-16-5-6-19-14/h7-8,14,16-17H,5-6,9H2,1-4H3. The average molecular weight is 265 g/mol. The normalized spacial score (nSPS) is 20.3. The van der Waals surface area contributed by atoms with Crippen LogP contribution in [-0.2, 0) is 10.2 Å². The Balaban J connectivity index is 2.41. The van der Waals surface area contributed by atoms with Crippen molar-refractivity contribution in [2.24, 2.45) is 0 Å². The van der Waals surface area contributed by atoms with E-state index in [1.165, 1.54) is 0 Å². The summed E-state index contributed by atoms with van der Waals surface area (Å²) in [4.78, 5) is 0. The van der Waals surface area contributed by atoms with Crippen molar-refractivity contribution in [1.29, 1.82) is 0 Å². The summed E-state index contributed by atoms with van der Waals surface area (Å²) in [5, 5.41) is 13.5. The number of rotatable bonds is 2. The lowest BCUT2D eigenvalue weighted by Gasteiger charge is -2.28. The monoisotopic (exact) mass is 265 g/mol. The van der Waals surface area contributed by atoms with Gasteiger partial charge in [-0.15, -0.1) is 0 Å². The molecule has 4 nitrogen and oxygen atoms in total. The van der Waals surface area contributed by atoms with Crippen LogP contribution in [0.4, 0.5) is 0 Å². The second-order valence-corrected chi connectivity index (χ2v) is 5.92. The first kappa shape index (κ1) is 14.2. The summed E-state index contributed by atoms with van der Waals surface area (Å²) in [7, 11) is 1.65. The molecule has 0 amide bonds. The molecule has 0 aliphatic carbocycles. The van der Waals surface area contributed by atoms with E-state index in [9.17, 15) is 5.11 Å². The molecule has 106 valence electrons. The first-order chi connectivity index (χ1) is 8.93. The van der Waals surface area contributed by atoms with Crippen LogP contribution in [0.25, 0.3) is 0 Å².